The molecule has 0 unspecified atom stereocenters. The van der Waals surface area contributed by atoms with E-state index in [1.807, 2.05) is 19.1 Å². The minimum atomic E-state index is -3.77. The summed E-state index contributed by atoms with van der Waals surface area (Å²) in [5, 5.41) is 5.86. The van der Waals surface area contributed by atoms with Crippen LogP contribution in [-0.2, 0) is 10.0 Å². The molecule has 7 heteroatoms. The Balaban J connectivity index is 2.16. The molecule has 0 radical (unpaired) electrons. The van der Waals surface area contributed by atoms with Crippen LogP contribution in [0.4, 0.5) is 0 Å². The van der Waals surface area contributed by atoms with Crippen LogP contribution in [-0.4, -0.2) is 23.4 Å². The van der Waals surface area contributed by atoms with Gasteiger partial charge in [0, 0.05) is 29.0 Å². The molecule has 0 aliphatic carbocycles. The van der Waals surface area contributed by atoms with Crippen LogP contribution in [0.25, 0.3) is 22.2 Å². The van der Waals surface area contributed by atoms with Crippen molar-refractivity contribution in [1.29, 1.82) is 0 Å². The number of rotatable bonds is 2. The lowest BCUT2D eigenvalue weighted by atomic mass is 10.1. The van der Waals surface area contributed by atoms with Gasteiger partial charge in [0.2, 0.25) is 0 Å². The maximum Gasteiger partial charge on any atom is 0.255 e. The first-order chi connectivity index (χ1) is 9.45. The van der Waals surface area contributed by atoms with Crippen molar-refractivity contribution < 1.29 is 8.42 Å². The van der Waals surface area contributed by atoms with Gasteiger partial charge in [-0.2, -0.15) is 0 Å². The maximum atomic E-state index is 11.2. The van der Waals surface area contributed by atoms with E-state index < -0.39 is 10.0 Å². The Morgan fingerprint density at radius 1 is 1.20 bits per heavy atom. The van der Waals surface area contributed by atoms with E-state index in [0.717, 1.165) is 27.9 Å². The van der Waals surface area contributed by atoms with Crippen molar-refractivity contribution in [3.8, 4) is 11.1 Å². The average Bonchev–Trinajstić information content (AvgIpc) is 2.78. The molecule has 20 heavy (non-hydrogen) atoms. The molecule has 0 saturated carbocycles. The molecule has 3 heterocycles. The summed E-state index contributed by atoms with van der Waals surface area (Å²) in [5.74, 6) is 0. The van der Waals surface area contributed by atoms with Crippen LogP contribution >= 0.6 is 0 Å². The van der Waals surface area contributed by atoms with E-state index in [2.05, 4.69) is 15.0 Å². The highest BCUT2D eigenvalue weighted by Gasteiger charge is 2.11. The summed E-state index contributed by atoms with van der Waals surface area (Å²) in [6.45, 7) is 1.95. The zero-order valence-electron chi connectivity index (χ0n) is 10.7. The molecule has 3 aromatic rings. The van der Waals surface area contributed by atoms with E-state index in [1.165, 1.54) is 12.3 Å². The van der Waals surface area contributed by atoms with E-state index >= 15 is 0 Å². The largest absolute Gasteiger partial charge is 0.344 e. The molecule has 0 amide bonds. The second-order valence-corrected chi connectivity index (χ2v) is 6.01. The molecule has 0 fully saturated rings. The molecular formula is C13H12N4O2S. The number of nitrogens with one attached hydrogen (secondary N) is 1. The molecule has 0 aliphatic rings. The van der Waals surface area contributed by atoms with Gasteiger partial charge in [-0.3, -0.25) is 0 Å². The number of nitrogens with zero attached hydrogens (tertiary/aromatic N) is 2. The predicted molar refractivity (Wildman–Crippen MR) is 75.4 cm³/mol. The number of aryl methyl sites for hydroxylation is 1. The number of primary sulfonamides is 1. The Morgan fingerprint density at radius 2 is 2.00 bits per heavy atom. The number of hydrogen-bond donors (Lipinski definition) is 2. The number of pyridine rings is 2. The molecule has 3 N–H and O–H groups in total. The lowest BCUT2D eigenvalue weighted by Crippen LogP contribution is -2.13. The minimum absolute atomic E-state index is 0.142. The number of sulfonamides is 1. The summed E-state index contributed by atoms with van der Waals surface area (Å²) >= 11 is 0. The number of hydrogen-bond acceptors (Lipinski definition) is 4. The molecule has 0 bridgehead atoms. The third kappa shape index (κ3) is 2.17. The summed E-state index contributed by atoms with van der Waals surface area (Å²) in [7, 11) is -3.77. The highest BCUT2D eigenvalue weighted by Crippen LogP contribution is 2.27. The van der Waals surface area contributed by atoms with Crippen molar-refractivity contribution in [3.05, 3.63) is 42.4 Å². The van der Waals surface area contributed by atoms with Crippen molar-refractivity contribution in [2.75, 3.05) is 0 Å². The Kier molecular flexibility index (Phi) is 2.81. The van der Waals surface area contributed by atoms with Crippen LogP contribution in [0.1, 0.15) is 5.69 Å². The van der Waals surface area contributed by atoms with Gasteiger partial charge in [0.15, 0.2) is 5.03 Å². The summed E-state index contributed by atoms with van der Waals surface area (Å²) < 4.78 is 22.4. The van der Waals surface area contributed by atoms with Crippen molar-refractivity contribution in [2.24, 2.45) is 5.14 Å². The summed E-state index contributed by atoms with van der Waals surface area (Å²) in [5.41, 5.74) is 3.54. The third-order valence-corrected chi connectivity index (χ3v) is 3.83. The molecule has 102 valence electrons. The SMILES string of the molecule is Cc1cc2c(-c3ccc(S(N)(=O)=O)nc3)ccnc2[nH]1. The highest BCUT2D eigenvalue weighted by molar-refractivity contribution is 7.89. The van der Waals surface area contributed by atoms with E-state index in [-0.39, 0.29) is 5.03 Å². The molecule has 0 spiro atoms. The van der Waals surface area contributed by atoms with Gasteiger partial charge in [0.1, 0.15) is 5.65 Å². The summed E-state index contributed by atoms with van der Waals surface area (Å²) in [6, 6.07) is 6.94. The van der Waals surface area contributed by atoms with E-state index in [0.29, 0.717) is 0 Å². The van der Waals surface area contributed by atoms with Crippen LogP contribution < -0.4 is 5.14 Å². The molecule has 6 nitrogen and oxygen atoms in total. The first-order valence-corrected chi connectivity index (χ1v) is 7.43. The van der Waals surface area contributed by atoms with Gasteiger partial charge in [0.25, 0.3) is 10.0 Å². The average molecular weight is 288 g/mol. The molecule has 0 atom stereocenters. The normalized spacial score (nSPS) is 11.9. The molecule has 0 saturated heterocycles. The zero-order valence-corrected chi connectivity index (χ0v) is 11.5. The van der Waals surface area contributed by atoms with Crippen LogP contribution in [0.2, 0.25) is 0 Å². The van der Waals surface area contributed by atoms with Gasteiger partial charge < -0.3 is 4.98 Å². The fourth-order valence-corrected chi connectivity index (χ4v) is 2.58. The quantitative estimate of drug-likeness (QED) is 0.747. The van der Waals surface area contributed by atoms with E-state index in [9.17, 15) is 8.42 Å². The second-order valence-electron chi connectivity index (χ2n) is 4.50. The third-order valence-electron chi connectivity index (χ3n) is 3.01. The number of H-pyrrole nitrogens is 1. The van der Waals surface area contributed by atoms with Crippen molar-refractivity contribution in [1.82, 2.24) is 15.0 Å². The zero-order chi connectivity index (χ0) is 14.3. The Morgan fingerprint density at radius 3 is 2.65 bits per heavy atom. The van der Waals surface area contributed by atoms with Gasteiger partial charge >= 0.3 is 0 Å². The lowest BCUT2D eigenvalue weighted by Gasteiger charge is -2.03. The van der Waals surface area contributed by atoms with Crippen LogP contribution in [0.3, 0.4) is 0 Å². The fourth-order valence-electron chi connectivity index (χ4n) is 2.12. The first kappa shape index (κ1) is 12.8. The molecular weight excluding hydrogens is 276 g/mol. The summed E-state index contributed by atoms with van der Waals surface area (Å²) in [6.07, 6.45) is 3.19. The van der Waals surface area contributed by atoms with Crippen molar-refractivity contribution in [3.63, 3.8) is 0 Å². The number of fused-ring (bicyclic) bond motifs is 1. The van der Waals surface area contributed by atoms with E-state index in [4.69, 9.17) is 5.14 Å². The van der Waals surface area contributed by atoms with Crippen molar-refractivity contribution >= 4 is 21.1 Å². The number of aromatic amines is 1. The minimum Gasteiger partial charge on any atom is -0.344 e. The smallest absolute Gasteiger partial charge is 0.255 e. The topological polar surface area (TPSA) is 102 Å². The molecule has 0 aliphatic heterocycles. The Labute approximate surface area is 115 Å². The highest BCUT2D eigenvalue weighted by atomic mass is 32.2. The van der Waals surface area contributed by atoms with Gasteiger partial charge in [0.05, 0.1) is 0 Å². The molecule has 3 aromatic heterocycles. The molecule has 3 rings (SSSR count). The second kappa shape index (κ2) is 4.39. The fraction of sp³-hybridized carbons (Fsp3) is 0.0769. The van der Waals surface area contributed by atoms with Crippen LogP contribution in [0.15, 0.2) is 41.7 Å². The van der Waals surface area contributed by atoms with Crippen molar-refractivity contribution in [2.45, 2.75) is 11.9 Å². The Bertz CT molecular complexity index is 882. The van der Waals surface area contributed by atoms with E-state index in [1.54, 1.807) is 12.3 Å². The van der Waals surface area contributed by atoms with Crippen LogP contribution in [0.5, 0.6) is 0 Å². The Hall–Kier alpha value is -2.25. The monoisotopic (exact) mass is 288 g/mol. The van der Waals surface area contributed by atoms with Crippen LogP contribution in [0, 0.1) is 6.92 Å². The predicted octanol–water partition coefficient (Wildman–Crippen LogP) is 1.58. The summed E-state index contributed by atoms with van der Waals surface area (Å²) in [4.78, 5) is 11.3. The van der Waals surface area contributed by atoms with Gasteiger partial charge in [-0.1, -0.05) is 0 Å². The molecule has 0 aromatic carbocycles. The number of aromatic nitrogens is 3. The van der Waals surface area contributed by atoms with Gasteiger partial charge in [-0.25, -0.2) is 23.5 Å². The van der Waals surface area contributed by atoms with Gasteiger partial charge in [-0.05, 0) is 36.8 Å². The number of nitrogens with two attached hydrogens (primary N) is 1. The maximum absolute atomic E-state index is 11.2. The lowest BCUT2D eigenvalue weighted by molar-refractivity contribution is 0.594. The standard InChI is InChI=1S/C13H12N4O2S/c1-8-6-11-10(4-5-15-13(11)17-8)9-2-3-12(16-7-9)20(14,18)19/h2-7H,1H3,(H,15,17)(H2,14,18,19). The van der Waals surface area contributed by atoms with Gasteiger partial charge in [-0.15, -0.1) is 0 Å². The first-order valence-electron chi connectivity index (χ1n) is 5.89.